The quantitative estimate of drug-likeness (QED) is 0.734. The van der Waals surface area contributed by atoms with Gasteiger partial charge >= 0.3 is 0 Å². The largest absolute Gasteiger partial charge is 0.392 e. The average molecular weight is 390 g/mol. The maximum Gasteiger partial charge on any atom is 0.135 e. The van der Waals surface area contributed by atoms with Crippen molar-refractivity contribution < 1.29 is 10.2 Å². The monoisotopic (exact) mass is 389 g/mol. The predicted molar refractivity (Wildman–Crippen MR) is 106 cm³/mol. The third-order valence-corrected chi connectivity index (χ3v) is 5.11. The Bertz CT molecular complexity index is 691. The lowest BCUT2D eigenvalue weighted by Crippen LogP contribution is -2.44. The summed E-state index contributed by atoms with van der Waals surface area (Å²) in [5.41, 5.74) is 4.49. The van der Waals surface area contributed by atoms with Crippen LogP contribution in [0, 0.1) is 13.8 Å². The maximum absolute atomic E-state index is 10.0. The molecule has 0 radical (unpaired) electrons. The Balaban J connectivity index is 0.00000156. The van der Waals surface area contributed by atoms with Crippen LogP contribution in [-0.2, 0) is 13.2 Å². The molecule has 0 unspecified atom stereocenters. The molecule has 5 nitrogen and oxygen atoms in total. The Kier molecular flexibility index (Phi) is 8.64. The molecule has 0 bridgehead atoms. The molecule has 25 heavy (non-hydrogen) atoms. The molecule has 7 heteroatoms. The molecule has 0 aliphatic carbocycles. The summed E-state index contributed by atoms with van der Waals surface area (Å²) in [5.74, 6) is 0.728. The second-order valence-electron chi connectivity index (χ2n) is 6.63. The SMILES string of the molecule is Cc1ccc2c(nc(CO)n2CCC[C@H]2NCCC[C@@H]2O)c1C.Cl.Cl. The molecule has 2 aromatic rings. The topological polar surface area (TPSA) is 70.3 Å². The number of hydrogen-bond donors (Lipinski definition) is 3. The van der Waals surface area contributed by atoms with E-state index in [-0.39, 0.29) is 43.6 Å². The van der Waals surface area contributed by atoms with Crippen LogP contribution in [0.25, 0.3) is 11.0 Å². The van der Waals surface area contributed by atoms with Gasteiger partial charge in [-0.05, 0) is 63.3 Å². The summed E-state index contributed by atoms with van der Waals surface area (Å²) in [7, 11) is 0. The van der Waals surface area contributed by atoms with E-state index in [9.17, 15) is 10.2 Å². The zero-order valence-corrected chi connectivity index (χ0v) is 16.5. The van der Waals surface area contributed by atoms with E-state index in [1.54, 1.807) is 0 Å². The number of nitrogens with zero attached hydrogens (tertiary/aromatic N) is 2. The van der Waals surface area contributed by atoms with Gasteiger partial charge < -0.3 is 20.1 Å². The van der Waals surface area contributed by atoms with E-state index in [2.05, 4.69) is 40.8 Å². The second-order valence-corrected chi connectivity index (χ2v) is 6.63. The van der Waals surface area contributed by atoms with E-state index in [1.165, 1.54) is 11.1 Å². The number of benzene rings is 1. The Hall–Kier alpha value is -0.850. The van der Waals surface area contributed by atoms with Crippen LogP contribution < -0.4 is 5.32 Å². The first-order valence-electron chi connectivity index (χ1n) is 8.59. The molecule has 0 spiro atoms. The Morgan fingerprint density at radius 1 is 1.28 bits per heavy atom. The van der Waals surface area contributed by atoms with E-state index in [4.69, 9.17) is 0 Å². The van der Waals surface area contributed by atoms with Gasteiger partial charge in [0.1, 0.15) is 12.4 Å². The summed E-state index contributed by atoms with van der Waals surface area (Å²) in [6, 6.07) is 4.40. The van der Waals surface area contributed by atoms with Crippen molar-refractivity contribution in [2.75, 3.05) is 6.54 Å². The van der Waals surface area contributed by atoms with Crippen molar-refractivity contribution >= 4 is 35.8 Å². The minimum atomic E-state index is -0.231. The fourth-order valence-corrected chi connectivity index (χ4v) is 3.54. The molecule has 2 heterocycles. The Morgan fingerprint density at radius 3 is 2.72 bits per heavy atom. The highest BCUT2D eigenvalue weighted by molar-refractivity contribution is 5.85. The number of fused-ring (bicyclic) bond motifs is 1. The van der Waals surface area contributed by atoms with Crippen LogP contribution in [0.4, 0.5) is 0 Å². The van der Waals surface area contributed by atoms with Crippen LogP contribution in [0.3, 0.4) is 0 Å². The Labute approximate surface area is 161 Å². The van der Waals surface area contributed by atoms with Gasteiger partial charge in [0.05, 0.1) is 17.1 Å². The van der Waals surface area contributed by atoms with E-state index in [0.29, 0.717) is 0 Å². The fraction of sp³-hybridized carbons (Fsp3) is 0.611. The lowest BCUT2D eigenvalue weighted by Gasteiger charge is -2.29. The van der Waals surface area contributed by atoms with E-state index in [1.807, 2.05) is 0 Å². The lowest BCUT2D eigenvalue weighted by atomic mass is 9.97. The zero-order valence-electron chi connectivity index (χ0n) is 14.9. The third-order valence-electron chi connectivity index (χ3n) is 5.11. The number of imidazole rings is 1. The summed E-state index contributed by atoms with van der Waals surface area (Å²) < 4.78 is 2.12. The molecule has 1 aromatic heterocycles. The fourth-order valence-electron chi connectivity index (χ4n) is 3.54. The van der Waals surface area contributed by atoms with Crippen molar-refractivity contribution in [2.45, 2.75) is 64.8 Å². The molecule has 1 aliphatic rings. The van der Waals surface area contributed by atoms with Gasteiger partial charge in [0.25, 0.3) is 0 Å². The number of halogens is 2. The molecule has 1 aromatic carbocycles. The van der Waals surface area contributed by atoms with Crippen molar-refractivity contribution in [3.63, 3.8) is 0 Å². The molecule has 3 N–H and O–H groups in total. The number of aryl methyl sites for hydroxylation is 3. The van der Waals surface area contributed by atoms with Crippen molar-refractivity contribution in [3.05, 3.63) is 29.1 Å². The molecule has 142 valence electrons. The van der Waals surface area contributed by atoms with Crippen LogP contribution >= 0.6 is 24.8 Å². The smallest absolute Gasteiger partial charge is 0.135 e. The van der Waals surface area contributed by atoms with Gasteiger partial charge in [-0.15, -0.1) is 24.8 Å². The highest BCUT2D eigenvalue weighted by Gasteiger charge is 2.22. The molecule has 2 atom stereocenters. The summed E-state index contributed by atoms with van der Waals surface area (Å²) in [6.07, 6.45) is 3.62. The molecule has 1 saturated heterocycles. The minimum absolute atomic E-state index is 0. The normalized spacial score (nSPS) is 20.2. The maximum atomic E-state index is 10.0. The first kappa shape index (κ1) is 22.2. The van der Waals surface area contributed by atoms with Crippen molar-refractivity contribution in [1.29, 1.82) is 0 Å². The van der Waals surface area contributed by atoms with Crippen LogP contribution in [0.2, 0.25) is 0 Å². The molecule has 0 amide bonds. The van der Waals surface area contributed by atoms with Crippen LogP contribution in [-0.4, -0.2) is 38.5 Å². The highest BCUT2D eigenvalue weighted by atomic mass is 35.5. The summed E-state index contributed by atoms with van der Waals surface area (Å²) in [4.78, 5) is 4.62. The molecular formula is C18H29Cl2N3O2. The van der Waals surface area contributed by atoms with Gasteiger partial charge in [-0.2, -0.15) is 0 Å². The first-order chi connectivity index (χ1) is 11.1. The second kappa shape index (κ2) is 9.74. The van der Waals surface area contributed by atoms with Gasteiger partial charge in [-0.25, -0.2) is 4.98 Å². The molecule has 0 saturated carbocycles. The summed E-state index contributed by atoms with van der Waals surface area (Å²) in [6.45, 7) is 5.94. The van der Waals surface area contributed by atoms with E-state index >= 15 is 0 Å². The van der Waals surface area contributed by atoms with Gasteiger partial charge in [0.2, 0.25) is 0 Å². The van der Waals surface area contributed by atoms with Crippen molar-refractivity contribution in [1.82, 2.24) is 14.9 Å². The average Bonchev–Trinajstić information content (AvgIpc) is 2.91. The molecular weight excluding hydrogens is 361 g/mol. The zero-order chi connectivity index (χ0) is 16.4. The number of hydrogen-bond acceptors (Lipinski definition) is 4. The number of rotatable bonds is 5. The number of piperidine rings is 1. The van der Waals surface area contributed by atoms with Gasteiger partial charge in [-0.1, -0.05) is 6.07 Å². The number of nitrogens with one attached hydrogen (secondary N) is 1. The number of aromatic nitrogens is 2. The van der Waals surface area contributed by atoms with Gasteiger partial charge in [0, 0.05) is 12.6 Å². The van der Waals surface area contributed by atoms with Crippen molar-refractivity contribution in [3.8, 4) is 0 Å². The number of aliphatic hydroxyl groups is 2. The standard InChI is InChI=1S/C18H27N3O2.2ClH/c1-12-7-8-15-18(13(12)2)20-17(11-22)21(15)10-4-5-14-16(23)6-3-9-19-14;;/h7-8,14,16,19,22-23H,3-6,9-11H2,1-2H3;2*1H/t14-,16+;;/m1../s1. The first-order valence-corrected chi connectivity index (χ1v) is 8.59. The summed E-state index contributed by atoms with van der Waals surface area (Å²) >= 11 is 0. The van der Waals surface area contributed by atoms with Gasteiger partial charge in [0.15, 0.2) is 0 Å². The minimum Gasteiger partial charge on any atom is -0.392 e. The number of aliphatic hydroxyl groups excluding tert-OH is 2. The molecule has 1 aliphatic heterocycles. The van der Waals surface area contributed by atoms with Crippen LogP contribution in [0.15, 0.2) is 12.1 Å². The van der Waals surface area contributed by atoms with Crippen LogP contribution in [0.5, 0.6) is 0 Å². The highest BCUT2D eigenvalue weighted by Crippen LogP contribution is 2.23. The van der Waals surface area contributed by atoms with Crippen LogP contribution in [0.1, 0.15) is 42.6 Å². The van der Waals surface area contributed by atoms with E-state index < -0.39 is 0 Å². The molecule has 3 rings (SSSR count). The Morgan fingerprint density at radius 2 is 2.04 bits per heavy atom. The molecule has 1 fully saturated rings. The van der Waals surface area contributed by atoms with Gasteiger partial charge in [-0.3, -0.25) is 0 Å². The lowest BCUT2D eigenvalue weighted by molar-refractivity contribution is 0.0908. The summed E-state index contributed by atoms with van der Waals surface area (Å²) in [5, 5.41) is 23.1. The van der Waals surface area contributed by atoms with E-state index in [0.717, 1.165) is 55.6 Å². The predicted octanol–water partition coefficient (Wildman–Crippen LogP) is 2.88. The third kappa shape index (κ3) is 4.66. The van der Waals surface area contributed by atoms with Crippen molar-refractivity contribution in [2.24, 2.45) is 0 Å².